The molecule has 2 aromatic carbocycles. The second-order valence-electron chi connectivity index (χ2n) is 7.73. The van der Waals surface area contributed by atoms with E-state index in [0.717, 1.165) is 0 Å². The number of ether oxygens (including phenoxy) is 3. The van der Waals surface area contributed by atoms with Gasteiger partial charge in [-0.1, -0.05) is 12.1 Å². The summed E-state index contributed by atoms with van der Waals surface area (Å²) in [5.74, 6) is -0.216. The lowest BCUT2D eigenvalue weighted by molar-refractivity contribution is -0.0893. The molecule has 32 heavy (non-hydrogen) atoms. The van der Waals surface area contributed by atoms with Crippen LogP contribution >= 0.6 is 0 Å². The van der Waals surface area contributed by atoms with Gasteiger partial charge in [-0.15, -0.1) is 0 Å². The summed E-state index contributed by atoms with van der Waals surface area (Å²) in [5.41, 5.74) is 0.431. The van der Waals surface area contributed by atoms with Crippen molar-refractivity contribution in [2.45, 2.75) is 37.5 Å². The monoisotopic (exact) mass is 444 g/mol. The quantitative estimate of drug-likeness (QED) is 0.603. The number of fused-ring (bicyclic) bond motifs is 1. The van der Waals surface area contributed by atoms with E-state index in [1.807, 2.05) is 0 Å². The predicted molar refractivity (Wildman–Crippen MR) is 112 cm³/mol. The number of carbonyl (C=O) groups is 2. The van der Waals surface area contributed by atoms with E-state index in [1.165, 1.54) is 18.2 Å². The number of hydrogen-bond acceptors (Lipinski definition) is 6. The fourth-order valence-corrected chi connectivity index (χ4v) is 3.89. The summed E-state index contributed by atoms with van der Waals surface area (Å²) < 4.78 is 30.2. The second kappa shape index (κ2) is 9.97. The van der Waals surface area contributed by atoms with Gasteiger partial charge in [0, 0.05) is 12.1 Å². The van der Waals surface area contributed by atoms with Crippen LogP contribution in [0.15, 0.2) is 42.5 Å². The van der Waals surface area contributed by atoms with Gasteiger partial charge in [0.2, 0.25) is 6.79 Å². The van der Waals surface area contributed by atoms with Crippen LogP contribution in [0.4, 0.5) is 4.39 Å². The molecule has 0 spiro atoms. The highest BCUT2D eigenvalue weighted by atomic mass is 19.1. The predicted octanol–water partition coefficient (Wildman–Crippen LogP) is 2.01. The van der Waals surface area contributed by atoms with Crippen molar-refractivity contribution in [2.75, 3.05) is 19.9 Å². The third-order valence-corrected chi connectivity index (χ3v) is 5.62. The maximum Gasteiger partial charge on any atom is 0.254 e. The van der Waals surface area contributed by atoms with Gasteiger partial charge < -0.3 is 30.0 Å². The van der Waals surface area contributed by atoms with Crippen LogP contribution in [0, 0.1) is 5.82 Å². The highest BCUT2D eigenvalue weighted by Gasteiger charge is 2.32. The van der Waals surface area contributed by atoms with E-state index >= 15 is 0 Å². The molecule has 2 aromatic rings. The minimum Gasteiger partial charge on any atom is -0.454 e. The Hall–Kier alpha value is -3.17. The van der Waals surface area contributed by atoms with Gasteiger partial charge in [0.15, 0.2) is 11.5 Å². The minimum absolute atomic E-state index is 0.00316. The van der Waals surface area contributed by atoms with Gasteiger partial charge in [0.25, 0.3) is 11.8 Å². The molecule has 2 aliphatic heterocycles. The molecule has 8 nitrogen and oxygen atoms in total. The first-order valence-electron chi connectivity index (χ1n) is 10.5. The summed E-state index contributed by atoms with van der Waals surface area (Å²) in [6.45, 7) is 0.194. The Labute approximate surface area is 184 Å². The molecule has 3 atom stereocenters. The van der Waals surface area contributed by atoms with E-state index in [0.29, 0.717) is 42.9 Å². The van der Waals surface area contributed by atoms with E-state index in [4.69, 9.17) is 14.2 Å². The summed E-state index contributed by atoms with van der Waals surface area (Å²) >= 11 is 0. The number of amides is 2. The van der Waals surface area contributed by atoms with Crippen LogP contribution in [0.25, 0.3) is 0 Å². The standard InChI is InChI=1S/C23H25FN2O6/c24-17-4-2-1-3-16(17)23(29)25-10-9-15-6-7-18(21(12-27)32-15)26-22(28)14-5-8-19-20(11-14)31-13-30-19/h1-5,8,11,15,18,21,27H,6-7,9-10,12-13H2,(H,25,29)(H,26,28)/t15-,18+,21-/m1/s1. The minimum atomic E-state index is -0.569. The van der Waals surface area contributed by atoms with E-state index in [1.54, 1.807) is 24.3 Å². The number of aliphatic hydroxyl groups excluding tert-OH is 1. The van der Waals surface area contributed by atoms with Gasteiger partial charge in [-0.25, -0.2) is 4.39 Å². The van der Waals surface area contributed by atoms with Crippen molar-refractivity contribution >= 4 is 11.8 Å². The molecule has 0 aromatic heterocycles. The fourth-order valence-electron chi connectivity index (χ4n) is 3.89. The van der Waals surface area contributed by atoms with Gasteiger partial charge >= 0.3 is 0 Å². The smallest absolute Gasteiger partial charge is 0.254 e. The number of benzene rings is 2. The van der Waals surface area contributed by atoms with Crippen LogP contribution in [0.5, 0.6) is 11.5 Å². The van der Waals surface area contributed by atoms with Crippen molar-refractivity contribution in [1.29, 1.82) is 0 Å². The van der Waals surface area contributed by atoms with Crippen molar-refractivity contribution in [2.24, 2.45) is 0 Å². The summed E-state index contributed by atoms with van der Waals surface area (Å²) in [5, 5.41) is 15.4. The molecular weight excluding hydrogens is 419 g/mol. The molecule has 9 heteroatoms. The molecule has 0 aliphatic carbocycles. The van der Waals surface area contributed by atoms with Crippen molar-refractivity contribution < 1.29 is 33.3 Å². The van der Waals surface area contributed by atoms with Crippen LogP contribution < -0.4 is 20.1 Å². The molecule has 2 heterocycles. The van der Waals surface area contributed by atoms with Crippen molar-refractivity contribution in [3.63, 3.8) is 0 Å². The third kappa shape index (κ3) is 5.00. The zero-order chi connectivity index (χ0) is 22.5. The molecule has 2 aliphatic rings. The highest BCUT2D eigenvalue weighted by Crippen LogP contribution is 2.32. The first kappa shape index (κ1) is 22.0. The molecule has 170 valence electrons. The molecule has 3 N–H and O–H groups in total. The maximum absolute atomic E-state index is 13.7. The zero-order valence-electron chi connectivity index (χ0n) is 17.4. The zero-order valence-corrected chi connectivity index (χ0v) is 17.4. The summed E-state index contributed by atoms with van der Waals surface area (Å²) in [6, 6.07) is 10.4. The lowest BCUT2D eigenvalue weighted by Gasteiger charge is -2.36. The van der Waals surface area contributed by atoms with Crippen molar-refractivity contribution in [1.82, 2.24) is 10.6 Å². The summed E-state index contributed by atoms with van der Waals surface area (Å²) in [6.07, 6.45) is 1.03. The van der Waals surface area contributed by atoms with E-state index in [-0.39, 0.29) is 37.0 Å². The van der Waals surface area contributed by atoms with E-state index in [9.17, 15) is 19.1 Å². The molecule has 0 bridgehead atoms. The number of halogens is 1. The van der Waals surface area contributed by atoms with Crippen LogP contribution in [0.2, 0.25) is 0 Å². The summed E-state index contributed by atoms with van der Waals surface area (Å²) in [4.78, 5) is 24.8. The number of rotatable bonds is 7. The Bertz CT molecular complexity index is 985. The van der Waals surface area contributed by atoms with Crippen LogP contribution in [-0.2, 0) is 4.74 Å². The normalized spacial score (nSPS) is 21.8. The molecule has 1 saturated heterocycles. The van der Waals surface area contributed by atoms with Crippen molar-refractivity contribution in [3.05, 3.63) is 59.4 Å². The number of nitrogens with one attached hydrogen (secondary N) is 2. The van der Waals surface area contributed by atoms with Crippen LogP contribution in [0.3, 0.4) is 0 Å². The molecule has 0 saturated carbocycles. The van der Waals surface area contributed by atoms with Crippen LogP contribution in [-0.4, -0.2) is 55.1 Å². The Kier molecular flexibility index (Phi) is 6.87. The maximum atomic E-state index is 13.7. The SMILES string of the molecule is O=C(N[C@H]1CC[C@H](CCNC(=O)c2ccccc2F)O[C@@H]1CO)c1ccc2c(c1)OCO2. The molecule has 0 unspecified atom stereocenters. The Balaban J connectivity index is 1.26. The molecule has 2 amide bonds. The largest absolute Gasteiger partial charge is 0.454 e. The van der Waals surface area contributed by atoms with Crippen molar-refractivity contribution in [3.8, 4) is 11.5 Å². The topological polar surface area (TPSA) is 106 Å². The Morgan fingerprint density at radius 1 is 1.06 bits per heavy atom. The van der Waals surface area contributed by atoms with Gasteiger partial charge in [-0.05, 0) is 49.6 Å². The average molecular weight is 444 g/mol. The molecular formula is C23H25FN2O6. The van der Waals surface area contributed by atoms with Gasteiger partial charge in [0.1, 0.15) is 11.9 Å². The first-order chi connectivity index (χ1) is 15.5. The fraction of sp³-hybridized carbons (Fsp3) is 0.391. The van der Waals surface area contributed by atoms with Crippen LogP contribution in [0.1, 0.15) is 40.0 Å². The third-order valence-electron chi connectivity index (χ3n) is 5.62. The molecule has 4 rings (SSSR count). The second-order valence-corrected chi connectivity index (χ2v) is 7.73. The van der Waals surface area contributed by atoms with Gasteiger partial charge in [-0.2, -0.15) is 0 Å². The average Bonchev–Trinajstić information content (AvgIpc) is 3.28. The number of aliphatic hydroxyl groups is 1. The Morgan fingerprint density at radius 3 is 2.69 bits per heavy atom. The lowest BCUT2D eigenvalue weighted by Crippen LogP contribution is -2.51. The molecule has 0 radical (unpaired) electrons. The molecule has 1 fully saturated rings. The lowest BCUT2D eigenvalue weighted by atomic mass is 9.96. The Morgan fingerprint density at radius 2 is 1.88 bits per heavy atom. The van der Waals surface area contributed by atoms with Gasteiger partial charge in [-0.3, -0.25) is 9.59 Å². The first-order valence-corrected chi connectivity index (χ1v) is 10.5. The van der Waals surface area contributed by atoms with E-state index in [2.05, 4.69) is 10.6 Å². The highest BCUT2D eigenvalue weighted by molar-refractivity contribution is 5.95. The van der Waals surface area contributed by atoms with E-state index < -0.39 is 17.8 Å². The number of carbonyl (C=O) groups excluding carboxylic acids is 2. The number of hydrogen-bond donors (Lipinski definition) is 3. The summed E-state index contributed by atoms with van der Waals surface area (Å²) in [7, 11) is 0. The van der Waals surface area contributed by atoms with Gasteiger partial charge in [0.05, 0.1) is 24.3 Å².